The fourth-order valence-corrected chi connectivity index (χ4v) is 3.07. The number of carbonyl (C=O) groups is 1. The van der Waals surface area contributed by atoms with Gasteiger partial charge in [0, 0.05) is 30.2 Å². The van der Waals surface area contributed by atoms with Gasteiger partial charge < -0.3 is 5.11 Å². The Bertz CT molecular complexity index is 707. The molecule has 0 bridgehead atoms. The van der Waals surface area contributed by atoms with Crippen molar-refractivity contribution < 1.29 is 9.90 Å². The summed E-state index contributed by atoms with van der Waals surface area (Å²) in [6.07, 6.45) is 0. The molecule has 1 unspecified atom stereocenters. The Hall–Kier alpha value is -1.73. The van der Waals surface area contributed by atoms with Crippen molar-refractivity contribution in [3.05, 3.63) is 33.2 Å². The van der Waals surface area contributed by atoms with Gasteiger partial charge in [-0.1, -0.05) is 13.8 Å². The topological polar surface area (TPSA) is 74.9 Å². The molecule has 0 saturated heterocycles. The second-order valence-corrected chi connectivity index (χ2v) is 5.98. The fourth-order valence-electron chi connectivity index (χ4n) is 2.18. The standard InChI is InChI=1S/C14H19N3O3S/c1-4-16(6-9(2)13(19)20)7-11-5-12(18)17-10(3)8-21-14(17)15-11/h5,8-9H,4,6-7H2,1-3H3,(H,19,20). The number of hydrogen-bond acceptors (Lipinski definition) is 5. The summed E-state index contributed by atoms with van der Waals surface area (Å²) in [6.45, 7) is 7.16. The van der Waals surface area contributed by atoms with Crippen molar-refractivity contribution in [2.24, 2.45) is 5.92 Å². The van der Waals surface area contributed by atoms with E-state index < -0.39 is 11.9 Å². The summed E-state index contributed by atoms with van der Waals surface area (Å²) in [4.78, 5) is 30.2. The molecule has 0 aliphatic carbocycles. The molecule has 0 fully saturated rings. The van der Waals surface area contributed by atoms with E-state index in [9.17, 15) is 9.59 Å². The number of nitrogens with zero attached hydrogens (tertiary/aromatic N) is 3. The average Bonchev–Trinajstić information content (AvgIpc) is 2.79. The van der Waals surface area contributed by atoms with Gasteiger partial charge in [-0.3, -0.25) is 18.9 Å². The second kappa shape index (κ2) is 6.36. The van der Waals surface area contributed by atoms with Gasteiger partial charge in [0.2, 0.25) is 0 Å². The van der Waals surface area contributed by atoms with Crippen molar-refractivity contribution in [1.82, 2.24) is 14.3 Å². The first-order valence-electron chi connectivity index (χ1n) is 6.84. The number of aryl methyl sites for hydroxylation is 1. The van der Waals surface area contributed by atoms with Crippen LogP contribution in [0.5, 0.6) is 0 Å². The van der Waals surface area contributed by atoms with Crippen molar-refractivity contribution in [2.75, 3.05) is 13.1 Å². The van der Waals surface area contributed by atoms with Gasteiger partial charge in [0.15, 0.2) is 4.96 Å². The van der Waals surface area contributed by atoms with E-state index in [-0.39, 0.29) is 5.56 Å². The van der Waals surface area contributed by atoms with Crippen molar-refractivity contribution in [2.45, 2.75) is 27.3 Å². The van der Waals surface area contributed by atoms with Crippen LogP contribution >= 0.6 is 11.3 Å². The Morgan fingerprint density at radius 3 is 2.90 bits per heavy atom. The lowest BCUT2D eigenvalue weighted by molar-refractivity contribution is -0.141. The molecule has 0 spiro atoms. The minimum atomic E-state index is -0.814. The van der Waals surface area contributed by atoms with Crippen LogP contribution in [-0.4, -0.2) is 38.4 Å². The lowest BCUT2D eigenvalue weighted by Gasteiger charge is -2.21. The summed E-state index contributed by atoms with van der Waals surface area (Å²) >= 11 is 1.43. The van der Waals surface area contributed by atoms with Crippen LogP contribution < -0.4 is 5.56 Å². The predicted octanol–water partition coefficient (Wildman–Crippen LogP) is 1.61. The molecule has 2 rings (SSSR count). The first kappa shape index (κ1) is 15.7. The monoisotopic (exact) mass is 309 g/mol. The maximum atomic E-state index is 12.1. The highest BCUT2D eigenvalue weighted by atomic mass is 32.1. The van der Waals surface area contributed by atoms with Crippen LogP contribution in [0, 0.1) is 12.8 Å². The molecule has 0 amide bonds. The average molecular weight is 309 g/mol. The predicted molar refractivity (Wildman–Crippen MR) is 81.8 cm³/mol. The summed E-state index contributed by atoms with van der Waals surface area (Å²) in [5.74, 6) is -1.26. The highest BCUT2D eigenvalue weighted by Crippen LogP contribution is 2.13. The molecule has 0 saturated carbocycles. The summed E-state index contributed by atoms with van der Waals surface area (Å²) in [5, 5.41) is 10.9. The van der Waals surface area contributed by atoms with Crippen LogP contribution in [-0.2, 0) is 11.3 Å². The minimum absolute atomic E-state index is 0.0870. The van der Waals surface area contributed by atoms with Gasteiger partial charge in [-0.05, 0) is 13.5 Å². The molecule has 2 aromatic rings. The molecule has 6 nitrogen and oxygen atoms in total. The number of carboxylic acid groups (broad SMARTS) is 1. The molecule has 1 atom stereocenters. The van der Waals surface area contributed by atoms with E-state index in [1.165, 1.54) is 17.4 Å². The summed E-state index contributed by atoms with van der Waals surface area (Å²) < 4.78 is 1.59. The van der Waals surface area contributed by atoms with Crippen molar-refractivity contribution >= 4 is 22.3 Å². The summed E-state index contributed by atoms with van der Waals surface area (Å²) in [5.41, 5.74) is 1.48. The number of hydrogen-bond donors (Lipinski definition) is 1. The first-order valence-corrected chi connectivity index (χ1v) is 7.72. The maximum absolute atomic E-state index is 12.1. The Balaban J connectivity index is 2.22. The number of aromatic nitrogens is 2. The van der Waals surface area contributed by atoms with Gasteiger partial charge in [-0.2, -0.15) is 0 Å². The van der Waals surface area contributed by atoms with E-state index in [2.05, 4.69) is 4.98 Å². The number of carboxylic acids is 1. The number of thiazole rings is 1. The van der Waals surface area contributed by atoms with E-state index in [4.69, 9.17) is 5.11 Å². The zero-order chi connectivity index (χ0) is 15.6. The van der Waals surface area contributed by atoms with Crippen LogP contribution in [0.15, 0.2) is 16.2 Å². The number of aliphatic carboxylic acids is 1. The van der Waals surface area contributed by atoms with Gasteiger partial charge in [-0.25, -0.2) is 4.98 Å². The summed E-state index contributed by atoms with van der Waals surface area (Å²) in [6, 6.07) is 1.53. The lowest BCUT2D eigenvalue weighted by Crippen LogP contribution is -2.32. The SMILES string of the molecule is CCN(Cc1cc(=O)n2c(C)csc2n1)CC(C)C(=O)O. The second-order valence-electron chi connectivity index (χ2n) is 5.15. The third-order valence-electron chi connectivity index (χ3n) is 3.42. The zero-order valence-corrected chi connectivity index (χ0v) is 13.2. The molecule has 2 heterocycles. The van der Waals surface area contributed by atoms with E-state index >= 15 is 0 Å². The van der Waals surface area contributed by atoms with E-state index in [1.54, 1.807) is 11.3 Å². The molecule has 0 aliphatic rings. The van der Waals surface area contributed by atoms with Crippen LogP contribution in [0.2, 0.25) is 0 Å². The lowest BCUT2D eigenvalue weighted by atomic mass is 10.1. The van der Waals surface area contributed by atoms with Gasteiger partial charge in [0.05, 0.1) is 11.6 Å². The number of fused-ring (bicyclic) bond motifs is 1. The largest absolute Gasteiger partial charge is 0.481 e. The van der Waals surface area contributed by atoms with Gasteiger partial charge >= 0.3 is 5.97 Å². The molecule has 21 heavy (non-hydrogen) atoms. The van der Waals surface area contributed by atoms with Gasteiger partial charge in [-0.15, -0.1) is 11.3 Å². The molecule has 0 aliphatic heterocycles. The fraction of sp³-hybridized carbons (Fsp3) is 0.500. The Morgan fingerprint density at radius 1 is 1.57 bits per heavy atom. The highest BCUT2D eigenvalue weighted by Gasteiger charge is 2.16. The summed E-state index contributed by atoms with van der Waals surface area (Å²) in [7, 11) is 0. The zero-order valence-electron chi connectivity index (χ0n) is 12.4. The smallest absolute Gasteiger partial charge is 0.307 e. The Morgan fingerprint density at radius 2 is 2.29 bits per heavy atom. The van der Waals surface area contributed by atoms with Crippen LogP contribution in [0.4, 0.5) is 0 Å². The van der Waals surface area contributed by atoms with Crippen LogP contribution in [0.3, 0.4) is 0 Å². The van der Waals surface area contributed by atoms with Crippen LogP contribution in [0.1, 0.15) is 25.2 Å². The van der Waals surface area contributed by atoms with Gasteiger partial charge in [0.25, 0.3) is 5.56 Å². The Kier molecular flexibility index (Phi) is 4.74. The van der Waals surface area contributed by atoms with Crippen molar-refractivity contribution in [1.29, 1.82) is 0 Å². The third kappa shape index (κ3) is 3.48. The third-order valence-corrected chi connectivity index (χ3v) is 4.36. The normalized spacial score (nSPS) is 13.0. The maximum Gasteiger partial charge on any atom is 0.307 e. The molecule has 0 radical (unpaired) electrons. The molecule has 0 aromatic carbocycles. The van der Waals surface area contributed by atoms with Crippen LogP contribution in [0.25, 0.3) is 4.96 Å². The van der Waals surface area contributed by atoms with Gasteiger partial charge in [0.1, 0.15) is 0 Å². The Labute approximate surface area is 126 Å². The molecule has 7 heteroatoms. The van der Waals surface area contributed by atoms with E-state index in [0.717, 1.165) is 5.69 Å². The number of rotatable bonds is 6. The molecular formula is C14H19N3O3S. The first-order chi connectivity index (χ1) is 9.92. The molecule has 1 N–H and O–H groups in total. The van der Waals surface area contributed by atoms with E-state index in [0.29, 0.717) is 30.3 Å². The minimum Gasteiger partial charge on any atom is -0.481 e. The molecule has 2 aromatic heterocycles. The molecule has 114 valence electrons. The quantitative estimate of drug-likeness (QED) is 0.877. The molecular weight excluding hydrogens is 290 g/mol. The highest BCUT2D eigenvalue weighted by molar-refractivity contribution is 7.15. The van der Waals surface area contributed by atoms with Crippen molar-refractivity contribution in [3.8, 4) is 0 Å². The van der Waals surface area contributed by atoms with Crippen molar-refractivity contribution in [3.63, 3.8) is 0 Å². The van der Waals surface area contributed by atoms with E-state index in [1.807, 2.05) is 24.1 Å².